The fourth-order valence-corrected chi connectivity index (χ4v) is 2.21. The predicted molar refractivity (Wildman–Crippen MR) is 84.0 cm³/mol. The molecule has 0 spiro atoms. The van der Waals surface area contributed by atoms with E-state index in [1.54, 1.807) is 6.07 Å². The van der Waals surface area contributed by atoms with E-state index in [-0.39, 0.29) is 5.82 Å². The zero-order valence-corrected chi connectivity index (χ0v) is 12.8. The lowest BCUT2D eigenvalue weighted by molar-refractivity contribution is 0.150. The Bertz CT molecular complexity index is 656. The first-order valence-electron chi connectivity index (χ1n) is 7.08. The quantitative estimate of drug-likeness (QED) is 0.854. The SMILES string of the molecule is CN(C)CC#Cc1ccc(C2=CCN(C(=O)O)CC2)cc1F. The monoisotopic (exact) mass is 302 g/mol. The van der Waals surface area contributed by atoms with Crippen molar-refractivity contribution < 1.29 is 14.3 Å². The van der Waals surface area contributed by atoms with Crippen molar-refractivity contribution >= 4 is 11.7 Å². The second kappa shape index (κ2) is 7.10. The van der Waals surface area contributed by atoms with Gasteiger partial charge < -0.3 is 10.0 Å². The lowest BCUT2D eigenvalue weighted by atomic mass is 9.98. The van der Waals surface area contributed by atoms with Gasteiger partial charge in [-0.15, -0.1) is 0 Å². The molecule has 0 unspecified atom stereocenters. The average Bonchev–Trinajstić information content (AvgIpc) is 2.48. The molecule has 0 radical (unpaired) electrons. The van der Waals surface area contributed by atoms with Crippen molar-refractivity contribution in [1.82, 2.24) is 9.80 Å². The highest BCUT2D eigenvalue weighted by Crippen LogP contribution is 2.24. The maximum atomic E-state index is 14.1. The minimum absolute atomic E-state index is 0.342. The van der Waals surface area contributed by atoms with Crippen molar-refractivity contribution in [1.29, 1.82) is 0 Å². The van der Waals surface area contributed by atoms with E-state index in [1.807, 2.05) is 31.1 Å². The highest BCUT2D eigenvalue weighted by atomic mass is 19.1. The number of rotatable bonds is 2. The molecule has 0 aromatic heterocycles. The largest absolute Gasteiger partial charge is 0.465 e. The number of halogens is 1. The van der Waals surface area contributed by atoms with Crippen molar-refractivity contribution in [2.24, 2.45) is 0 Å². The van der Waals surface area contributed by atoms with Gasteiger partial charge in [0.1, 0.15) is 5.82 Å². The van der Waals surface area contributed by atoms with Gasteiger partial charge in [0.25, 0.3) is 0 Å². The molecule has 0 atom stereocenters. The Hall–Kier alpha value is -2.32. The van der Waals surface area contributed by atoms with Gasteiger partial charge in [-0.1, -0.05) is 24.0 Å². The Morgan fingerprint density at radius 3 is 2.77 bits per heavy atom. The molecule has 22 heavy (non-hydrogen) atoms. The summed E-state index contributed by atoms with van der Waals surface area (Å²) in [6, 6.07) is 4.99. The number of nitrogens with zero attached hydrogens (tertiary/aromatic N) is 2. The molecule has 1 amide bonds. The maximum Gasteiger partial charge on any atom is 0.407 e. The summed E-state index contributed by atoms with van der Waals surface area (Å²) in [6.07, 6.45) is 1.51. The molecule has 1 aliphatic heterocycles. The zero-order valence-electron chi connectivity index (χ0n) is 12.8. The van der Waals surface area contributed by atoms with Crippen molar-refractivity contribution in [3.05, 3.63) is 41.2 Å². The standard InChI is InChI=1S/C17H19FN2O2/c1-19(2)9-3-4-14-5-6-15(12-16(14)18)13-7-10-20(11-8-13)17(21)22/h5-7,12H,8-11H2,1-2H3,(H,21,22). The molecule has 4 nitrogen and oxygen atoms in total. The molecule has 116 valence electrons. The lowest BCUT2D eigenvalue weighted by Gasteiger charge is -2.23. The van der Waals surface area contributed by atoms with Crippen molar-refractivity contribution in [3.8, 4) is 11.8 Å². The second-order valence-electron chi connectivity index (χ2n) is 5.44. The molecule has 0 saturated heterocycles. The van der Waals surface area contributed by atoms with Gasteiger partial charge >= 0.3 is 6.09 Å². The Balaban J connectivity index is 2.12. The fraction of sp³-hybridized carbons (Fsp3) is 0.353. The van der Waals surface area contributed by atoms with Gasteiger partial charge in [-0.3, -0.25) is 4.90 Å². The van der Waals surface area contributed by atoms with E-state index in [2.05, 4.69) is 11.8 Å². The summed E-state index contributed by atoms with van der Waals surface area (Å²) in [5, 5.41) is 8.92. The van der Waals surface area contributed by atoms with Crippen LogP contribution >= 0.6 is 0 Å². The molecule has 1 aromatic carbocycles. The lowest BCUT2D eigenvalue weighted by Crippen LogP contribution is -2.33. The van der Waals surface area contributed by atoms with Crippen LogP contribution in [-0.2, 0) is 0 Å². The molecule has 2 rings (SSSR count). The van der Waals surface area contributed by atoms with E-state index in [9.17, 15) is 9.18 Å². The normalized spacial score (nSPS) is 14.4. The van der Waals surface area contributed by atoms with Gasteiger partial charge in [0.05, 0.1) is 12.1 Å². The van der Waals surface area contributed by atoms with E-state index >= 15 is 0 Å². The summed E-state index contributed by atoms with van der Waals surface area (Å²) >= 11 is 0. The molecule has 0 saturated carbocycles. The molecular formula is C17H19FN2O2. The minimum atomic E-state index is -0.923. The molecule has 1 aliphatic rings. The Morgan fingerprint density at radius 1 is 1.45 bits per heavy atom. The van der Waals surface area contributed by atoms with Gasteiger partial charge in [0.2, 0.25) is 0 Å². The van der Waals surface area contributed by atoms with E-state index in [1.165, 1.54) is 11.0 Å². The number of amides is 1. The Kier molecular flexibility index (Phi) is 5.18. The van der Waals surface area contributed by atoms with Crippen molar-refractivity contribution in [3.63, 3.8) is 0 Å². The van der Waals surface area contributed by atoms with Crippen LogP contribution < -0.4 is 0 Å². The van der Waals surface area contributed by atoms with Crippen LogP contribution in [0.2, 0.25) is 0 Å². The number of benzene rings is 1. The summed E-state index contributed by atoms with van der Waals surface area (Å²) in [6.45, 7) is 1.36. The van der Waals surface area contributed by atoms with Crippen LogP contribution in [0, 0.1) is 17.7 Å². The molecule has 0 fully saturated rings. The number of carbonyl (C=O) groups is 1. The average molecular weight is 302 g/mol. The first kappa shape index (κ1) is 16.1. The third kappa shape index (κ3) is 4.09. The van der Waals surface area contributed by atoms with Crippen LogP contribution in [0.1, 0.15) is 17.5 Å². The van der Waals surface area contributed by atoms with Gasteiger partial charge in [-0.25, -0.2) is 9.18 Å². The van der Waals surface area contributed by atoms with Crippen LogP contribution in [-0.4, -0.2) is 54.7 Å². The number of hydrogen-bond acceptors (Lipinski definition) is 2. The highest BCUT2D eigenvalue weighted by Gasteiger charge is 2.17. The zero-order chi connectivity index (χ0) is 16.1. The van der Waals surface area contributed by atoms with Crippen LogP contribution in [0.25, 0.3) is 5.57 Å². The van der Waals surface area contributed by atoms with E-state index in [4.69, 9.17) is 5.11 Å². The van der Waals surface area contributed by atoms with Crippen molar-refractivity contribution in [2.45, 2.75) is 6.42 Å². The first-order chi connectivity index (χ1) is 10.5. The summed E-state index contributed by atoms with van der Waals surface area (Å²) in [7, 11) is 3.81. The van der Waals surface area contributed by atoms with Crippen LogP contribution in [0.5, 0.6) is 0 Å². The third-order valence-electron chi connectivity index (χ3n) is 3.44. The highest BCUT2D eigenvalue weighted by molar-refractivity contribution is 5.71. The molecule has 0 aliphatic carbocycles. The van der Waals surface area contributed by atoms with Crippen LogP contribution in [0.3, 0.4) is 0 Å². The van der Waals surface area contributed by atoms with Gasteiger partial charge in [0, 0.05) is 13.1 Å². The number of hydrogen-bond donors (Lipinski definition) is 1. The number of carboxylic acid groups (broad SMARTS) is 1. The van der Waals surface area contributed by atoms with E-state index in [0.29, 0.717) is 31.6 Å². The summed E-state index contributed by atoms with van der Waals surface area (Å²) in [5.41, 5.74) is 2.15. The third-order valence-corrected chi connectivity index (χ3v) is 3.44. The maximum absolute atomic E-state index is 14.1. The van der Waals surface area contributed by atoms with E-state index < -0.39 is 6.09 Å². The fourth-order valence-electron chi connectivity index (χ4n) is 2.21. The Labute approximate surface area is 129 Å². The van der Waals surface area contributed by atoms with Gasteiger partial charge in [0.15, 0.2) is 0 Å². The van der Waals surface area contributed by atoms with Crippen LogP contribution in [0.4, 0.5) is 9.18 Å². The molecule has 1 aromatic rings. The topological polar surface area (TPSA) is 43.8 Å². The summed E-state index contributed by atoms with van der Waals surface area (Å²) in [4.78, 5) is 14.1. The smallest absolute Gasteiger partial charge is 0.407 e. The summed E-state index contributed by atoms with van der Waals surface area (Å²) in [5.74, 6) is 5.39. The summed E-state index contributed by atoms with van der Waals surface area (Å²) < 4.78 is 14.1. The Morgan fingerprint density at radius 2 is 2.23 bits per heavy atom. The molecule has 1 N–H and O–H groups in total. The van der Waals surface area contributed by atoms with Crippen LogP contribution in [0.15, 0.2) is 24.3 Å². The first-order valence-corrected chi connectivity index (χ1v) is 7.08. The van der Waals surface area contributed by atoms with Gasteiger partial charge in [-0.2, -0.15) is 0 Å². The molecule has 1 heterocycles. The predicted octanol–water partition coefficient (Wildman–Crippen LogP) is 2.51. The minimum Gasteiger partial charge on any atom is -0.465 e. The van der Waals surface area contributed by atoms with Crippen molar-refractivity contribution in [2.75, 3.05) is 33.7 Å². The molecular weight excluding hydrogens is 283 g/mol. The second-order valence-corrected chi connectivity index (χ2v) is 5.44. The van der Waals surface area contributed by atoms with E-state index in [0.717, 1.165) is 11.1 Å². The molecule has 5 heteroatoms. The van der Waals surface area contributed by atoms with Gasteiger partial charge in [-0.05, 0) is 43.8 Å². The molecule has 0 bridgehead atoms.